The third-order valence-corrected chi connectivity index (χ3v) is 5.75. The van der Waals surface area contributed by atoms with Crippen LogP contribution in [-0.4, -0.2) is 23.3 Å². The number of fused-ring (bicyclic) bond motifs is 1. The van der Waals surface area contributed by atoms with E-state index in [0.717, 1.165) is 31.2 Å². The number of nitrogens with zero attached hydrogens (tertiary/aromatic N) is 1. The molecule has 0 fully saturated rings. The number of amidine groups is 1. The molecule has 0 saturated carbocycles. The van der Waals surface area contributed by atoms with Crippen molar-refractivity contribution in [2.75, 3.05) is 5.32 Å². The summed E-state index contributed by atoms with van der Waals surface area (Å²) in [6.45, 7) is 5.66. The summed E-state index contributed by atoms with van der Waals surface area (Å²) in [4.78, 5) is 42.1. The van der Waals surface area contributed by atoms with Crippen molar-refractivity contribution in [2.24, 2.45) is 16.6 Å². The topological polar surface area (TPSA) is 102 Å². The normalized spacial score (nSPS) is 13.0. The summed E-state index contributed by atoms with van der Waals surface area (Å²) in [5, 5.41) is 2.82. The van der Waals surface area contributed by atoms with Gasteiger partial charge in [0.05, 0.1) is 5.69 Å². The number of carbonyl (C=O) groups excluding carboxylic acids is 3. The third kappa shape index (κ3) is 6.04. The van der Waals surface area contributed by atoms with Crippen LogP contribution >= 0.6 is 0 Å². The molecule has 6 heteroatoms. The van der Waals surface area contributed by atoms with E-state index in [1.54, 1.807) is 42.5 Å². The molecule has 1 aliphatic heterocycles. The summed E-state index contributed by atoms with van der Waals surface area (Å²) >= 11 is 0. The van der Waals surface area contributed by atoms with Crippen LogP contribution in [-0.2, 0) is 4.79 Å². The van der Waals surface area contributed by atoms with Gasteiger partial charge < -0.3 is 11.1 Å². The summed E-state index contributed by atoms with van der Waals surface area (Å²) in [5.41, 5.74) is 9.61. The van der Waals surface area contributed by atoms with Gasteiger partial charge in [0.1, 0.15) is 5.84 Å². The quantitative estimate of drug-likeness (QED) is 0.483. The predicted molar refractivity (Wildman–Crippen MR) is 133 cm³/mol. The van der Waals surface area contributed by atoms with Gasteiger partial charge in [-0.3, -0.25) is 14.4 Å². The van der Waals surface area contributed by atoms with E-state index >= 15 is 0 Å². The summed E-state index contributed by atoms with van der Waals surface area (Å²) < 4.78 is 0. The molecule has 1 aliphatic rings. The lowest BCUT2D eigenvalue weighted by Gasteiger charge is -2.16. The zero-order valence-electron chi connectivity index (χ0n) is 19.5. The van der Waals surface area contributed by atoms with Crippen molar-refractivity contribution >= 4 is 40.8 Å². The SMILES string of the molecule is CCCC(CCC)C(=O)C1=Cc2ccc(C(=O)Nc3cccc(C(C)=O)c3)cc2N=C(N)C1. The largest absolute Gasteiger partial charge is 0.387 e. The number of aliphatic imine (C=N–C) groups is 1. The van der Waals surface area contributed by atoms with Gasteiger partial charge in [-0.2, -0.15) is 0 Å². The van der Waals surface area contributed by atoms with Crippen molar-refractivity contribution < 1.29 is 14.4 Å². The molecule has 0 aliphatic carbocycles. The lowest BCUT2D eigenvalue weighted by Crippen LogP contribution is -2.21. The molecule has 3 N–H and O–H groups in total. The molecule has 0 aromatic heterocycles. The molecule has 0 spiro atoms. The van der Waals surface area contributed by atoms with Crippen molar-refractivity contribution in [3.63, 3.8) is 0 Å². The van der Waals surface area contributed by atoms with Crippen molar-refractivity contribution in [3.8, 4) is 0 Å². The molecule has 0 unspecified atom stereocenters. The van der Waals surface area contributed by atoms with Crippen LogP contribution in [0.25, 0.3) is 6.08 Å². The number of amides is 1. The molecule has 6 nitrogen and oxygen atoms in total. The fraction of sp³-hybridized carbons (Fsp3) is 0.333. The molecule has 33 heavy (non-hydrogen) atoms. The lowest BCUT2D eigenvalue weighted by atomic mass is 9.87. The van der Waals surface area contributed by atoms with E-state index in [-0.39, 0.29) is 23.4 Å². The van der Waals surface area contributed by atoms with Crippen LogP contribution in [0.2, 0.25) is 0 Å². The Morgan fingerprint density at radius 2 is 1.76 bits per heavy atom. The highest BCUT2D eigenvalue weighted by Crippen LogP contribution is 2.30. The highest BCUT2D eigenvalue weighted by molar-refractivity contribution is 6.09. The molecule has 2 aromatic rings. The lowest BCUT2D eigenvalue weighted by molar-refractivity contribution is -0.119. The second kappa shape index (κ2) is 10.9. The fourth-order valence-corrected chi connectivity index (χ4v) is 4.07. The van der Waals surface area contributed by atoms with E-state index in [1.165, 1.54) is 6.92 Å². The Balaban J connectivity index is 1.87. The van der Waals surface area contributed by atoms with Gasteiger partial charge in [-0.05, 0) is 50.1 Å². The van der Waals surface area contributed by atoms with Crippen molar-refractivity contribution in [1.29, 1.82) is 0 Å². The van der Waals surface area contributed by atoms with Gasteiger partial charge in [-0.25, -0.2) is 4.99 Å². The summed E-state index contributed by atoms with van der Waals surface area (Å²) in [6, 6.07) is 12.0. The summed E-state index contributed by atoms with van der Waals surface area (Å²) in [7, 11) is 0. The van der Waals surface area contributed by atoms with Crippen molar-refractivity contribution in [1.82, 2.24) is 0 Å². The molecule has 0 atom stereocenters. The van der Waals surface area contributed by atoms with E-state index in [9.17, 15) is 14.4 Å². The number of rotatable bonds is 9. The maximum atomic E-state index is 13.2. The number of carbonyl (C=O) groups is 3. The first kappa shape index (κ1) is 24.1. The average Bonchev–Trinajstić information content (AvgIpc) is 2.95. The van der Waals surface area contributed by atoms with Crippen LogP contribution in [0.5, 0.6) is 0 Å². The first-order chi connectivity index (χ1) is 15.8. The fourth-order valence-electron chi connectivity index (χ4n) is 4.07. The van der Waals surface area contributed by atoms with Crippen LogP contribution in [0, 0.1) is 5.92 Å². The van der Waals surface area contributed by atoms with Crippen LogP contribution in [0.1, 0.15) is 79.2 Å². The minimum absolute atomic E-state index is 0.00332. The van der Waals surface area contributed by atoms with E-state index in [2.05, 4.69) is 24.2 Å². The van der Waals surface area contributed by atoms with Gasteiger partial charge in [0.15, 0.2) is 11.6 Å². The third-order valence-electron chi connectivity index (χ3n) is 5.75. The van der Waals surface area contributed by atoms with Crippen LogP contribution in [0.15, 0.2) is 53.0 Å². The Kier molecular flexibility index (Phi) is 7.93. The van der Waals surface area contributed by atoms with Crippen LogP contribution in [0.4, 0.5) is 11.4 Å². The first-order valence-electron chi connectivity index (χ1n) is 11.5. The van der Waals surface area contributed by atoms with Crippen molar-refractivity contribution in [3.05, 3.63) is 64.7 Å². The monoisotopic (exact) mass is 445 g/mol. The zero-order chi connectivity index (χ0) is 24.0. The molecular formula is C27H31N3O3. The Hall–Kier alpha value is -3.54. The van der Waals surface area contributed by atoms with E-state index < -0.39 is 0 Å². The summed E-state index contributed by atoms with van der Waals surface area (Å²) in [6.07, 6.45) is 5.79. The molecule has 0 saturated heterocycles. The van der Waals surface area contributed by atoms with Gasteiger partial charge in [-0.15, -0.1) is 0 Å². The van der Waals surface area contributed by atoms with Crippen LogP contribution in [0.3, 0.4) is 0 Å². The number of anilines is 1. The minimum Gasteiger partial charge on any atom is -0.387 e. The molecule has 172 valence electrons. The molecule has 1 amide bonds. The Labute approximate surface area is 195 Å². The molecule has 1 heterocycles. The molecule has 0 bridgehead atoms. The Morgan fingerprint density at radius 3 is 2.42 bits per heavy atom. The van der Waals surface area contributed by atoms with Gasteiger partial charge in [0, 0.05) is 40.3 Å². The van der Waals surface area contributed by atoms with E-state index in [4.69, 9.17) is 5.73 Å². The number of nitrogens with two attached hydrogens (primary N) is 1. The molecule has 0 radical (unpaired) electrons. The molecule has 3 rings (SSSR count). The standard InChI is InChI=1S/C27H31N3O3/c1-4-7-18(8-5-2)26(32)22-13-20-11-12-21(15-24(20)30-25(28)16-22)27(33)29-23-10-6-9-19(14-23)17(3)31/h6,9-15,18H,4-5,7-8,16H2,1-3H3,(H2,28,30)(H,29,33). The van der Waals surface area contributed by atoms with E-state index in [0.29, 0.717) is 40.3 Å². The highest BCUT2D eigenvalue weighted by Gasteiger charge is 2.23. The average molecular weight is 446 g/mol. The van der Waals surface area contributed by atoms with Gasteiger partial charge >= 0.3 is 0 Å². The second-order valence-corrected chi connectivity index (χ2v) is 8.45. The molecular weight excluding hydrogens is 414 g/mol. The number of benzene rings is 2. The maximum Gasteiger partial charge on any atom is 0.255 e. The second-order valence-electron chi connectivity index (χ2n) is 8.45. The van der Waals surface area contributed by atoms with Gasteiger partial charge in [-0.1, -0.05) is 44.9 Å². The zero-order valence-corrected chi connectivity index (χ0v) is 19.5. The van der Waals surface area contributed by atoms with Gasteiger partial charge in [0.25, 0.3) is 5.91 Å². The number of Topliss-reactive ketones (excluding diaryl/α,β-unsaturated/α-hetero) is 2. The number of hydrogen-bond acceptors (Lipinski definition) is 5. The molecule has 2 aromatic carbocycles. The summed E-state index contributed by atoms with van der Waals surface area (Å²) in [5.74, 6) is 0.0982. The van der Waals surface area contributed by atoms with Crippen molar-refractivity contribution in [2.45, 2.75) is 52.9 Å². The van der Waals surface area contributed by atoms with E-state index in [1.807, 2.05) is 6.08 Å². The van der Waals surface area contributed by atoms with Gasteiger partial charge in [0.2, 0.25) is 0 Å². The minimum atomic E-state index is -0.317. The first-order valence-corrected chi connectivity index (χ1v) is 11.5. The predicted octanol–water partition coefficient (Wildman–Crippen LogP) is 5.70. The maximum absolute atomic E-state index is 13.2. The number of ketones is 2. The smallest absolute Gasteiger partial charge is 0.255 e. The highest BCUT2D eigenvalue weighted by atomic mass is 16.1. The number of hydrogen-bond donors (Lipinski definition) is 2. The number of nitrogens with one attached hydrogen (secondary N) is 1. The Morgan fingerprint density at radius 1 is 1.03 bits per heavy atom. The Bertz CT molecular complexity index is 1130. The van der Waals surface area contributed by atoms with Crippen LogP contribution < -0.4 is 11.1 Å².